The molecule has 0 amide bonds. The molecule has 0 atom stereocenters. The number of Topliss-reactive ketones (excluding diaryl/α,β-unsaturated/α-hetero) is 1. The van der Waals surface area contributed by atoms with Crippen LogP contribution in [0.4, 0.5) is 0 Å². The summed E-state index contributed by atoms with van der Waals surface area (Å²) in [6, 6.07) is 23.8. The molecule has 2 N–H and O–H groups in total. The van der Waals surface area contributed by atoms with E-state index in [1.54, 1.807) is 12.3 Å². The van der Waals surface area contributed by atoms with E-state index in [-0.39, 0.29) is 5.78 Å². The third kappa shape index (κ3) is 3.48. The number of nitrogens with zero attached hydrogens (tertiary/aromatic N) is 1. The van der Waals surface area contributed by atoms with Crippen molar-refractivity contribution in [2.45, 2.75) is 5.16 Å². The van der Waals surface area contributed by atoms with Crippen molar-refractivity contribution in [2.75, 3.05) is 5.75 Å². The van der Waals surface area contributed by atoms with Crippen LogP contribution >= 0.6 is 11.8 Å². The molecule has 2 aromatic heterocycles. The molecular weight excluding hydrogens is 342 g/mol. The number of carbonyl (C=O) groups is 1. The average Bonchev–Trinajstić information content (AvgIpc) is 3.38. The highest BCUT2D eigenvalue weighted by atomic mass is 32.2. The van der Waals surface area contributed by atoms with Gasteiger partial charge in [0.2, 0.25) is 0 Å². The Balaban J connectivity index is 1.64. The molecule has 2 heterocycles. The van der Waals surface area contributed by atoms with E-state index in [4.69, 9.17) is 4.98 Å². The lowest BCUT2D eigenvalue weighted by atomic mass is 10.1. The lowest BCUT2D eigenvalue weighted by Crippen LogP contribution is -2.02. The maximum absolute atomic E-state index is 12.2. The Morgan fingerprint density at radius 1 is 0.885 bits per heavy atom. The first-order valence-corrected chi connectivity index (χ1v) is 9.30. The first-order valence-electron chi connectivity index (χ1n) is 8.31. The van der Waals surface area contributed by atoms with Crippen LogP contribution in [0.3, 0.4) is 0 Å². The maximum Gasteiger partial charge on any atom is 0.189 e. The van der Waals surface area contributed by atoms with Crippen LogP contribution in [0.5, 0.6) is 0 Å². The van der Waals surface area contributed by atoms with E-state index in [1.807, 2.05) is 54.6 Å². The molecule has 4 nitrogen and oxygen atoms in total. The van der Waals surface area contributed by atoms with Gasteiger partial charge in [-0.15, -0.1) is 0 Å². The summed E-state index contributed by atoms with van der Waals surface area (Å²) in [5.74, 6) is 0.384. The van der Waals surface area contributed by atoms with Crippen molar-refractivity contribution >= 4 is 17.5 Å². The Bertz CT molecular complexity index is 935. The smallest absolute Gasteiger partial charge is 0.189 e. The minimum atomic E-state index is 0.0546. The van der Waals surface area contributed by atoms with Crippen molar-refractivity contribution in [2.24, 2.45) is 0 Å². The summed E-state index contributed by atoms with van der Waals surface area (Å²) in [6.45, 7) is 0. The summed E-state index contributed by atoms with van der Waals surface area (Å²) in [7, 11) is 0. The van der Waals surface area contributed by atoms with Gasteiger partial charge in [0.05, 0.1) is 22.8 Å². The van der Waals surface area contributed by atoms with E-state index in [1.165, 1.54) is 11.8 Å². The van der Waals surface area contributed by atoms with Crippen LogP contribution in [0.15, 0.2) is 84.1 Å². The van der Waals surface area contributed by atoms with Crippen molar-refractivity contribution < 1.29 is 4.79 Å². The molecule has 0 bridgehead atoms. The van der Waals surface area contributed by atoms with Crippen LogP contribution in [-0.2, 0) is 0 Å². The second kappa shape index (κ2) is 7.45. The fraction of sp³-hybridized carbons (Fsp3) is 0.0476. The fourth-order valence-electron chi connectivity index (χ4n) is 2.75. The number of ketones is 1. The number of thioether (sulfide) groups is 1. The predicted octanol–water partition coefficient (Wildman–Crippen LogP) is 5.05. The van der Waals surface area contributed by atoms with Crippen LogP contribution in [0.2, 0.25) is 0 Å². The monoisotopic (exact) mass is 359 g/mol. The zero-order valence-electron chi connectivity index (χ0n) is 14.0. The van der Waals surface area contributed by atoms with Crippen LogP contribution in [-0.4, -0.2) is 26.5 Å². The van der Waals surface area contributed by atoms with E-state index >= 15 is 0 Å². The van der Waals surface area contributed by atoms with E-state index in [2.05, 4.69) is 22.1 Å². The highest BCUT2D eigenvalue weighted by Gasteiger charge is 2.15. The number of benzene rings is 2. The summed E-state index contributed by atoms with van der Waals surface area (Å²) in [5, 5.41) is 0.739. The van der Waals surface area contributed by atoms with Crippen molar-refractivity contribution in [1.82, 2.24) is 15.0 Å². The van der Waals surface area contributed by atoms with Gasteiger partial charge in [-0.25, -0.2) is 4.98 Å². The second-order valence-electron chi connectivity index (χ2n) is 5.79. The zero-order valence-corrected chi connectivity index (χ0v) is 14.8. The molecule has 0 saturated heterocycles. The average molecular weight is 359 g/mol. The zero-order chi connectivity index (χ0) is 17.8. The lowest BCUT2D eigenvalue weighted by Gasteiger charge is -2.02. The normalized spacial score (nSPS) is 10.8. The summed E-state index contributed by atoms with van der Waals surface area (Å²) in [6.07, 6.45) is 1.76. The van der Waals surface area contributed by atoms with Gasteiger partial charge in [-0.1, -0.05) is 72.4 Å². The van der Waals surface area contributed by atoms with Gasteiger partial charge in [0.25, 0.3) is 0 Å². The number of carbonyl (C=O) groups excluding carboxylic acids is 1. The van der Waals surface area contributed by atoms with Gasteiger partial charge in [-0.3, -0.25) is 4.79 Å². The molecule has 5 heteroatoms. The maximum atomic E-state index is 12.2. The molecule has 0 radical (unpaired) electrons. The topological polar surface area (TPSA) is 61.5 Å². The van der Waals surface area contributed by atoms with Gasteiger partial charge in [0.1, 0.15) is 0 Å². The van der Waals surface area contributed by atoms with Crippen molar-refractivity contribution in [3.05, 3.63) is 84.7 Å². The van der Waals surface area contributed by atoms with Crippen LogP contribution < -0.4 is 0 Å². The van der Waals surface area contributed by atoms with Gasteiger partial charge in [-0.2, -0.15) is 0 Å². The van der Waals surface area contributed by atoms with Gasteiger partial charge < -0.3 is 9.97 Å². The summed E-state index contributed by atoms with van der Waals surface area (Å²) in [5.41, 5.74) is 4.60. The number of imidazole rings is 1. The molecule has 0 unspecified atom stereocenters. The first-order chi connectivity index (χ1) is 12.8. The first kappa shape index (κ1) is 16.4. The Labute approximate surface area is 155 Å². The molecule has 0 saturated carbocycles. The van der Waals surface area contributed by atoms with E-state index in [0.29, 0.717) is 11.4 Å². The van der Waals surface area contributed by atoms with Crippen molar-refractivity contribution in [3.63, 3.8) is 0 Å². The standard InChI is InChI=1S/C21H17N3OS/c25-18(17-12-7-13-22-17)14-26-21-23-19(15-8-3-1-4-9-15)20(24-21)16-10-5-2-6-11-16/h1-13,22H,14H2,(H,23,24). The molecular formula is C21H17N3OS. The van der Waals surface area contributed by atoms with Crippen LogP contribution in [0.1, 0.15) is 10.5 Å². The van der Waals surface area contributed by atoms with E-state index in [0.717, 1.165) is 27.7 Å². The molecule has 2 aromatic carbocycles. The van der Waals surface area contributed by atoms with Gasteiger partial charge >= 0.3 is 0 Å². The Morgan fingerprint density at radius 2 is 1.58 bits per heavy atom. The van der Waals surface area contributed by atoms with Crippen molar-refractivity contribution in [1.29, 1.82) is 0 Å². The second-order valence-corrected chi connectivity index (χ2v) is 6.76. The number of aromatic amines is 2. The number of nitrogens with one attached hydrogen (secondary N) is 2. The summed E-state index contributed by atoms with van der Waals surface area (Å²) in [4.78, 5) is 23.3. The number of hydrogen-bond donors (Lipinski definition) is 2. The molecule has 4 rings (SSSR count). The largest absolute Gasteiger partial charge is 0.359 e. The van der Waals surface area contributed by atoms with Crippen LogP contribution in [0, 0.1) is 0 Å². The molecule has 0 fully saturated rings. The third-order valence-corrected chi connectivity index (χ3v) is 4.90. The SMILES string of the molecule is O=C(CSc1nc(-c2ccccc2)c(-c2ccccc2)[nH]1)c1ccc[nH]1. The molecule has 4 aromatic rings. The van der Waals surface area contributed by atoms with Crippen molar-refractivity contribution in [3.8, 4) is 22.5 Å². The molecule has 0 aliphatic carbocycles. The number of H-pyrrole nitrogens is 2. The summed E-state index contributed by atoms with van der Waals surface area (Å²) < 4.78 is 0. The Kier molecular flexibility index (Phi) is 4.71. The Morgan fingerprint density at radius 3 is 2.23 bits per heavy atom. The van der Waals surface area contributed by atoms with E-state index < -0.39 is 0 Å². The van der Waals surface area contributed by atoms with Gasteiger partial charge in [-0.05, 0) is 12.1 Å². The van der Waals surface area contributed by atoms with E-state index in [9.17, 15) is 4.79 Å². The van der Waals surface area contributed by atoms with Gasteiger partial charge in [0, 0.05) is 17.3 Å². The predicted molar refractivity (Wildman–Crippen MR) is 105 cm³/mol. The quantitative estimate of drug-likeness (QED) is 0.374. The van der Waals surface area contributed by atoms with Gasteiger partial charge in [0.15, 0.2) is 10.9 Å². The van der Waals surface area contributed by atoms with Crippen LogP contribution in [0.25, 0.3) is 22.5 Å². The fourth-order valence-corrected chi connectivity index (χ4v) is 3.51. The molecule has 0 aliphatic heterocycles. The highest BCUT2D eigenvalue weighted by Crippen LogP contribution is 2.32. The lowest BCUT2D eigenvalue weighted by molar-refractivity contribution is 0.101. The molecule has 0 spiro atoms. The number of rotatable bonds is 6. The minimum Gasteiger partial charge on any atom is -0.359 e. The Hall–Kier alpha value is -3.05. The third-order valence-electron chi connectivity index (χ3n) is 4.03. The minimum absolute atomic E-state index is 0.0546. The molecule has 26 heavy (non-hydrogen) atoms. The highest BCUT2D eigenvalue weighted by molar-refractivity contribution is 7.99. The molecule has 0 aliphatic rings. The molecule has 128 valence electrons. The number of hydrogen-bond acceptors (Lipinski definition) is 3. The summed E-state index contributed by atoms with van der Waals surface area (Å²) >= 11 is 1.41. The number of aromatic nitrogens is 3.